The zero-order valence-corrected chi connectivity index (χ0v) is 17.2. The Morgan fingerprint density at radius 3 is 2.37 bits per heavy atom. The second-order valence-electron chi connectivity index (χ2n) is 7.23. The predicted octanol–water partition coefficient (Wildman–Crippen LogP) is 2.79. The summed E-state index contributed by atoms with van der Waals surface area (Å²) in [6, 6.07) is 11.9. The molecule has 1 atom stereocenters. The fourth-order valence-electron chi connectivity index (χ4n) is 3.18. The molecule has 0 aliphatic rings. The Hall–Kier alpha value is -2.53. The number of carbonyl (C=O) groups excluding carboxylic acids is 1. The fourth-order valence-corrected chi connectivity index (χ4v) is 3.18. The van der Waals surface area contributed by atoms with Gasteiger partial charge in [-0.3, -0.25) is 4.79 Å². The van der Waals surface area contributed by atoms with Crippen LogP contribution in [0.3, 0.4) is 0 Å². The standard InChI is InChI=1S/C22H30N2O3/c1-15(2)18-9-7-8-10-19(18)23-22(25)14-24(4)13-17-12-21(27-6)20(26-5)11-16(17)3/h7-12,15H,13-14H2,1-6H3,(H,23,25)/p+1. The van der Waals surface area contributed by atoms with Gasteiger partial charge in [0, 0.05) is 11.3 Å². The lowest BCUT2D eigenvalue weighted by atomic mass is 10.0. The van der Waals surface area contributed by atoms with Crippen molar-refractivity contribution in [1.29, 1.82) is 0 Å². The van der Waals surface area contributed by atoms with Crippen molar-refractivity contribution >= 4 is 11.6 Å². The number of quaternary nitrogens is 1. The van der Waals surface area contributed by atoms with E-state index in [0.717, 1.165) is 39.6 Å². The van der Waals surface area contributed by atoms with Gasteiger partial charge in [0.15, 0.2) is 18.0 Å². The van der Waals surface area contributed by atoms with Crippen molar-refractivity contribution in [1.82, 2.24) is 0 Å². The Bertz CT molecular complexity index is 787. The summed E-state index contributed by atoms with van der Waals surface area (Å²) in [5.41, 5.74) is 4.31. The van der Waals surface area contributed by atoms with Crippen LogP contribution in [0.25, 0.3) is 0 Å². The Balaban J connectivity index is 2.04. The van der Waals surface area contributed by atoms with Gasteiger partial charge < -0.3 is 19.7 Å². The van der Waals surface area contributed by atoms with Gasteiger partial charge in [-0.15, -0.1) is 0 Å². The van der Waals surface area contributed by atoms with Crippen molar-refractivity contribution in [2.45, 2.75) is 33.2 Å². The van der Waals surface area contributed by atoms with Gasteiger partial charge in [-0.05, 0) is 42.2 Å². The van der Waals surface area contributed by atoms with Crippen molar-refractivity contribution in [2.75, 3.05) is 33.1 Å². The molecule has 0 spiro atoms. The fraction of sp³-hybridized carbons (Fsp3) is 0.409. The second kappa shape index (κ2) is 9.42. The van der Waals surface area contributed by atoms with Crippen LogP contribution in [0.1, 0.15) is 36.5 Å². The molecule has 0 saturated heterocycles. The Labute approximate surface area is 162 Å². The topological polar surface area (TPSA) is 52.0 Å². The molecule has 0 heterocycles. The molecule has 0 aromatic heterocycles. The number of methoxy groups -OCH3 is 2. The average Bonchev–Trinajstić information content (AvgIpc) is 2.63. The number of anilines is 1. The maximum atomic E-state index is 12.5. The van der Waals surface area contributed by atoms with Gasteiger partial charge in [0.1, 0.15) is 6.54 Å². The largest absolute Gasteiger partial charge is 0.493 e. The lowest BCUT2D eigenvalue weighted by molar-refractivity contribution is -0.885. The minimum Gasteiger partial charge on any atom is -0.493 e. The first kappa shape index (κ1) is 20.8. The number of nitrogens with one attached hydrogen (secondary N) is 2. The first-order valence-electron chi connectivity index (χ1n) is 9.27. The number of amides is 1. The lowest BCUT2D eigenvalue weighted by Crippen LogP contribution is -3.08. The third-order valence-electron chi connectivity index (χ3n) is 4.65. The lowest BCUT2D eigenvalue weighted by Gasteiger charge is -2.18. The second-order valence-corrected chi connectivity index (χ2v) is 7.23. The van der Waals surface area contributed by atoms with Gasteiger partial charge in [0.25, 0.3) is 5.91 Å². The third-order valence-corrected chi connectivity index (χ3v) is 4.65. The molecule has 0 aliphatic heterocycles. The van der Waals surface area contributed by atoms with Crippen LogP contribution >= 0.6 is 0 Å². The van der Waals surface area contributed by atoms with E-state index in [-0.39, 0.29) is 5.91 Å². The van der Waals surface area contributed by atoms with E-state index < -0.39 is 0 Å². The van der Waals surface area contributed by atoms with Crippen LogP contribution < -0.4 is 19.7 Å². The molecule has 0 saturated carbocycles. The molecular weight excluding hydrogens is 340 g/mol. The number of hydrogen-bond acceptors (Lipinski definition) is 3. The normalized spacial score (nSPS) is 12.0. The van der Waals surface area contributed by atoms with Crippen molar-refractivity contribution in [2.24, 2.45) is 0 Å². The predicted molar refractivity (Wildman–Crippen MR) is 109 cm³/mol. The minimum absolute atomic E-state index is 0.0127. The molecule has 0 bridgehead atoms. The van der Waals surface area contributed by atoms with E-state index in [1.165, 1.54) is 0 Å². The molecule has 2 aromatic rings. The summed E-state index contributed by atoms with van der Waals surface area (Å²) in [7, 11) is 5.28. The van der Waals surface area contributed by atoms with Crippen LogP contribution in [0.15, 0.2) is 36.4 Å². The zero-order chi connectivity index (χ0) is 20.0. The summed E-state index contributed by atoms with van der Waals surface area (Å²) in [6.07, 6.45) is 0. The molecule has 2 N–H and O–H groups in total. The van der Waals surface area contributed by atoms with E-state index >= 15 is 0 Å². The van der Waals surface area contributed by atoms with Crippen LogP contribution in [0.5, 0.6) is 11.5 Å². The maximum absolute atomic E-state index is 12.5. The van der Waals surface area contributed by atoms with E-state index in [1.54, 1.807) is 14.2 Å². The van der Waals surface area contributed by atoms with Crippen molar-refractivity contribution in [3.8, 4) is 11.5 Å². The molecule has 0 radical (unpaired) electrons. The highest BCUT2D eigenvalue weighted by molar-refractivity contribution is 5.92. The Morgan fingerprint density at radius 1 is 1.11 bits per heavy atom. The number of hydrogen-bond donors (Lipinski definition) is 2. The molecule has 2 rings (SSSR count). The summed E-state index contributed by atoms with van der Waals surface area (Å²) < 4.78 is 10.7. The summed E-state index contributed by atoms with van der Waals surface area (Å²) in [6.45, 7) is 7.42. The molecule has 5 heteroatoms. The van der Waals surface area contributed by atoms with E-state index in [0.29, 0.717) is 18.2 Å². The zero-order valence-electron chi connectivity index (χ0n) is 17.2. The Kier molecular flexibility index (Phi) is 7.25. The summed E-state index contributed by atoms with van der Waals surface area (Å²) >= 11 is 0. The SMILES string of the molecule is COc1cc(C)c(C[NH+](C)CC(=O)Nc2ccccc2C(C)C)cc1OC. The minimum atomic E-state index is 0.0127. The summed E-state index contributed by atoms with van der Waals surface area (Å²) in [5, 5.41) is 3.06. The number of benzene rings is 2. The smallest absolute Gasteiger partial charge is 0.279 e. The molecule has 5 nitrogen and oxygen atoms in total. The Morgan fingerprint density at radius 2 is 1.74 bits per heavy atom. The van der Waals surface area contributed by atoms with Gasteiger partial charge in [-0.2, -0.15) is 0 Å². The summed E-state index contributed by atoms with van der Waals surface area (Å²) in [5.74, 6) is 1.81. The van der Waals surface area contributed by atoms with Crippen LogP contribution in [0.2, 0.25) is 0 Å². The number of aryl methyl sites for hydroxylation is 1. The van der Waals surface area contributed by atoms with Crippen molar-refractivity contribution < 1.29 is 19.2 Å². The first-order valence-corrected chi connectivity index (χ1v) is 9.27. The molecule has 146 valence electrons. The number of rotatable bonds is 8. The maximum Gasteiger partial charge on any atom is 0.279 e. The molecule has 0 fully saturated rings. The number of likely N-dealkylation sites (N-methyl/N-ethyl adjacent to an activating group) is 1. The molecule has 1 unspecified atom stereocenters. The van der Waals surface area contributed by atoms with Gasteiger partial charge in [0.2, 0.25) is 0 Å². The molecular formula is C22H31N2O3+. The molecule has 2 aromatic carbocycles. The van der Waals surface area contributed by atoms with E-state index in [2.05, 4.69) is 25.2 Å². The highest BCUT2D eigenvalue weighted by atomic mass is 16.5. The van der Waals surface area contributed by atoms with Crippen LogP contribution in [-0.4, -0.2) is 33.7 Å². The molecule has 1 amide bonds. The number of ether oxygens (including phenoxy) is 2. The van der Waals surface area contributed by atoms with Crippen molar-refractivity contribution in [3.05, 3.63) is 53.1 Å². The van der Waals surface area contributed by atoms with E-state index in [1.807, 2.05) is 44.3 Å². The summed E-state index contributed by atoms with van der Waals surface area (Å²) in [4.78, 5) is 13.6. The van der Waals surface area contributed by atoms with Gasteiger partial charge in [0.05, 0.1) is 21.3 Å². The molecule has 27 heavy (non-hydrogen) atoms. The quantitative estimate of drug-likeness (QED) is 0.750. The highest BCUT2D eigenvalue weighted by Gasteiger charge is 2.16. The van der Waals surface area contributed by atoms with E-state index in [9.17, 15) is 4.79 Å². The number of para-hydroxylation sites is 1. The van der Waals surface area contributed by atoms with Gasteiger partial charge in [-0.1, -0.05) is 32.0 Å². The van der Waals surface area contributed by atoms with Crippen LogP contribution in [-0.2, 0) is 11.3 Å². The monoisotopic (exact) mass is 371 g/mol. The third kappa shape index (κ3) is 5.47. The number of carbonyl (C=O) groups is 1. The van der Waals surface area contributed by atoms with Crippen LogP contribution in [0.4, 0.5) is 5.69 Å². The average molecular weight is 372 g/mol. The van der Waals surface area contributed by atoms with Gasteiger partial charge in [-0.25, -0.2) is 0 Å². The first-order chi connectivity index (χ1) is 12.8. The highest BCUT2D eigenvalue weighted by Crippen LogP contribution is 2.30. The van der Waals surface area contributed by atoms with Gasteiger partial charge >= 0.3 is 0 Å². The van der Waals surface area contributed by atoms with Crippen LogP contribution in [0, 0.1) is 6.92 Å². The van der Waals surface area contributed by atoms with E-state index in [4.69, 9.17) is 9.47 Å². The molecule has 0 aliphatic carbocycles. The van der Waals surface area contributed by atoms with Crippen molar-refractivity contribution in [3.63, 3.8) is 0 Å².